The molecule has 0 aliphatic heterocycles. The Balaban J connectivity index is 1.80. The maximum Gasteiger partial charge on any atom is 0.344 e. The first-order valence-corrected chi connectivity index (χ1v) is 8.38. The van der Waals surface area contributed by atoms with Crippen LogP contribution in [0.2, 0.25) is 0 Å². The number of benzene rings is 2. The van der Waals surface area contributed by atoms with Crippen molar-refractivity contribution < 1.29 is 28.6 Å². The van der Waals surface area contributed by atoms with Crippen LogP contribution in [0.5, 0.6) is 5.75 Å². The van der Waals surface area contributed by atoms with Gasteiger partial charge in [-0.05, 0) is 36.2 Å². The Kier molecular flexibility index (Phi) is 7.37. The fraction of sp³-hybridized carbons (Fsp3) is 0.250. The summed E-state index contributed by atoms with van der Waals surface area (Å²) in [5, 5.41) is 2.54. The van der Waals surface area contributed by atoms with Crippen molar-refractivity contribution in [2.75, 3.05) is 25.6 Å². The highest BCUT2D eigenvalue weighted by Crippen LogP contribution is 2.18. The number of esters is 2. The molecule has 0 radical (unpaired) electrons. The van der Waals surface area contributed by atoms with E-state index in [9.17, 15) is 14.4 Å². The molecule has 1 amide bonds. The maximum atomic E-state index is 11.9. The van der Waals surface area contributed by atoms with Crippen LogP contribution in [0.1, 0.15) is 22.8 Å². The lowest BCUT2D eigenvalue weighted by atomic mass is 10.1. The first kappa shape index (κ1) is 20.0. The predicted molar refractivity (Wildman–Crippen MR) is 98.7 cm³/mol. The predicted octanol–water partition coefficient (Wildman–Crippen LogP) is 2.60. The molecule has 0 aliphatic carbocycles. The second-order valence-corrected chi connectivity index (χ2v) is 5.53. The first-order chi connectivity index (χ1) is 13.0. The Bertz CT molecular complexity index is 818. The number of hydrogen-bond acceptors (Lipinski definition) is 6. The van der Waals surface area contributed by atoms with E-state index in [0.717, 1.165) is 12.0 Å². The number of para-hydroxylation sites is 1. The highest BCUT2D eigenvalue weighted by atomic mass is 16.6. The summed E-state index contributed by atoms with van der Waals surface area (Å²) < 4.78 is 15.0. The molecule has 2 rings (SSSR count). The number of aryl methyl sites for hydroxylation is 1. The topological polar surface area (TPSA) is 90.9 Å². The molecule has 0 bridgehead atoms. The van der Waals surface area contributed by atoms with Crippen molar-refractivity contribution in [3.8, 4) is 5.75 Å². The summed E-state index contributed by atoms with van der Waals surface area (Å²) in [6.45, 7) is 1.24. The molecule has 7 heteroatoms. The van der Waals surface area contributed by atoms with Crippen molar-refractivity contribution >= 4 is 23.5 Å². The minimum Gasteiger partial charge on any atom is -0.482 e. The zero-order valence-electron chi connectivity index (χ0n) is 15.2. The third-order valence-corrected chi connectivity index (χ3v) is 3.63. The number of hydrogen-bond donors (Lipinski definition) is 1. The summed E-state index contributed by atoms with van der Waals surface area (Å²) in [5.74, 6) is -1.08. The van der Waals surface area contributed by atoms with Gasteiger partial charge in [0, 0.05) is 5.69 Å². The van der Waals surface area contributed by atoms with Gasteiger partial charge in [0.15, 0.2) is 13.2 Å². The molecule has 0 aliphatic rings. The van der Waals surface area contributed by atoms with Gasteiger partial charge in [0.2, 0.25) is 0 Å². The zero-order chi connectivity index (χ0) is 19.6. The highest BCUT2D eigenvalue weighted by molar-refractivity contribution is 5.95. The smallest absolute Gasteiger partial charge is 0.344 e. The molecule has 0 saturated carbocycles. The second-order valence-electron chi connectivity index (χ2n) is 5.53. The Morgan fingerprint density at radius 1 is 1.00 bits per heavy atom. The third kappa shape index (κ3) is 6.14. The van der Waals surface area contributed by atoms with Crippen LogP contribution >= 0.6 is 0 Å². The SMILES string of the molecule is CCc1ccccc1OCC(=O)OCC(=O)Nc1cccc(C(=O)OC)c1. The number of amides is 1. The molecule has 0 aromatic heterocycles. The van der Waals surface area contributed by atoms with E-state index < -0.39 is 24.5 Å². The minimum atomic E-state index is -0.653. The lowest BCUT2D eigenvalue weighted by Gasteiger charge is -2.10. The summed E-state index contributed by atoms with van der Waals surface area (Å²) >= 11 is 0. The van der Waals surface area contributed by atoms with Crippen LogP contribution in [0.4, 0.5) is 5.69 Å². The van der Waals surface area contributed by atoms with E-state index in [0.29, 0.717) is 17.0 Å². The Morgan fingerprint density at radius 3 is 2.52 bits per heavy atom. The van der Waals surface area contributed by atoms with Gasteiger partial charge in [-0.3, -0.25) is 4.79 Å². The maximum absolute atomic E-state index is 11.9. The molecule has 2 aromatic carbocycles. The van der Waals surface area contributed by atoms with Crippen LogP contribution in [0.15, 0.2) is 48.5 Å². The van der Waals surface area contributed by atoms with Gasteiger partial charge in [0.05, 0.1) is 12.7 Å². The van der Waals surface area contributed by atoms with Gasteiger partial charge >= 0.3 is 11.9 Å². The van der Waals surface area contributed by atoms with Crippen LogP contribution in [0, 0.1) is 0 Å². The van der Waals surface area contributed by atoms with Gasteiger partial charge in [-0.2, -0.15) is 0 Å². The van der Waals surface area contributed by atoms with Crippen LogP contribution in [0.25, 0.3) is 0 Å². The summed E-state index contributed by atoms with van der Waals surface area (Å²) in [6.07, 6.45) is 0.776. The van der Waals surface area contributed by atoms with E-state index in [-0.39, 0.29) is 6.61 Å². The van der Waals surface area contributed by atoms with Crippen molar-refractivity contribution in [1.82, 2.24) is 0 Å². The number of anilines is 1. The monoisotopic (exact) mass is 371 g/mol. The van der Waals surface area contributed by atoms with E-state index in [1.807, 2.05) is 25.1 Å². The van der Waals surface area contributed by atoms with Gasteiger partial charge in [0.1, 0.15) is 5.75 Å². The fourth-order valence-corrected chi connectivity index (χ4v) is 2.30. The summed E-state index contributed by atoms with van der Waals surface area (Å²) in [4.78, 5) is 35.1. The number of ether oxygens (including phenoxy) is 3. The third-order valence-electron chi connectivity index (χ3n) is 3.63. The summed E-state index contributed by atoms with van der Waals surface area (Å²) in [7, 11) is 1.27. The second kappa shape index (κ2) is 9.96. The lowest BCUT2D eigenvalue weighted by molar-refractivity contribution is -0.149. The van der Waals surface area contributed by atoms with Crippen molar-refractivity contribution in [1.29, 1.82) is 0 Å². The molecule has 0 heterocycles. The van der Waals surface area contributed by atoms with Gasteiger partial charge in [-0.25, -0.2) is 9.59 Å². The molecule has 0 fully saturated rings. The molecular weight excluding hydrogens is 350 g/mol. The molecule has 7 nitrogen and oxygen atoms in total. The Labute approximate surface area is 157 Å². The fourth-order valence-electron chi connectivity index (χ4n) is 2.30. The normalized spacial score (nSPS) is 10.0. The standard InChI is InChI=1S/C20H21NO6/c1-3-14-7-4-5-10-17(14)26-13-19(23)27-12-18(22)21-16-9-6-8-15(11-16)20(24)25-2/h4-11H,3,12-13H2,1-2H3,(H,21,22). The van der Waals surface area contributed by atoms with E-state index in [2.05, 4.69) is 10.1 Å². The first-order valence-electron chi connectivity index (χ1n) is 8.38. The average Bonchev–Trinajstić information content (AvgIpc) is 2.70. The van der Waals surface area contributed by atoms with Crippen LogP contribution in [0.3, 0.4) is 0 Å². The zero-order valence-corrected chi connectivity index (χ0v) is 15.2. The van der Waals surface area contributed by atoms with Gasteiger partial charge < -0.3 is 19.5 Å². The molecule has 1 N–H and O–H groups in total. The molecule has 0 saturated heterocycles. The molecule has 27 heavy (non-hydrogen) atoms. The lowest BCUT2D eigenvalue weighted by Crippen LogP contribution is -2.24. The van der Waals surface area contributed by atoms with Crippen LogP contribution < -0.4 is 10.1 Å². The Morgan fingerprint density at radius 2 is 1.78 bits per heavy atom. The largest absolute Gasteiger partial charge is 0.482 e. The van der Waals surface area contributed by atoms with Crippen LogP contribution in [-0.2, 0) is 25.5 Å². The Hall–Kier alpha value is -3.35. The van der Waals surface area contributed by atoms with Crippen molar-refractivity contribution in [3.05, 3.63) is 59.7 Å². The average molecular weight is 371 g/mol. The number of rotatable bonds is 8. The minimum absolute atomic E-state index is 0.290. The molecule has 2 aromatic rings. The van der Waals surface area contributed by atoms with Crippen molar-refractivity contribution in [2.24, 2.45) is 0 Å². The molecule has 0 atom stereocenters. The van der Waals surface area contributed by atoms with E-state index in [1.165, 1.54) is 13.2 Å². The van der Waals surface area contributed by atoms with Gasteiger partial charge in [0.25, 0.3) is 5.91 Å². The molecule has 142 valence electrons. The van der Waals surface area contributed by atoms with Gasteiger partial charge in [-0.1, -0.05) is 31.2 Å². The number of nitrogens with one attached hydrogen (secondary N) is 1. The quantitative estimate of drug-likeness (QED) is 0.717. The highest BCUT2D eigenvalue weighted by Gasteiger charge is 2.11. The van der Waals surface area contributed by atoms with E-state index in [4.69, 9.17) is 9.47 Å². The number of carbonyl (C=O) groups excluding carboxylic acids is 3. The van der Waals surface area contributed by atoms with Crippen molar-refractivity contribution in [2.45, 2.75) is 13.3 Å². The molecule has 0 spiro atoms. The van der Waals surface area contributed by atoms with Crippen molar-refractivity contribution in [3.63, 3.8) is 0 Å². The van der Waals surface area contributed by atoms with Gasteiger partial charge in [-0.15, -0.1) is 0 Å². The summed E-state index contributed by atoms with van der Waals surface area (Å²) in [6, 6.07) is 13.6. The van der Waals surface area contributed by atoms with Crippen LogP contribution in [-0.4, -0.2) is 38.2 Å². The van der Waals surface area contributed by atoms with E-state index in [1.54, 1.807) is 24.3 Å². The molecule has 0 unspecified atom stereocenters. The van der Waals surface area contributed by atoms with E-state index >= 15 is 0 Å². The summed E-state index contributed by atoms with van der Waals surface area (Å²) in [5.41, 5.74) is 1.68. The number of methoxy groups -OCH3 is 1. The molecular formula is C20H21NO6. The number of carbonyl (C=O) groups is 3.